The first kappa shape index (κ1) is 13.7. The average Bonchev–Trinajstić information content (AvgIpc) is 2.38. The molecule has 2 aromatic rings. The molecule has 0 unspecified atom stereocenters. The zero-order valence-corrected chi connectivity index (χ0v) is 11.0. The third-order valence-corrected chi connectivity index (χ3v) is 2.75. The first-order valence-corrected chi connectivity index (χ1v) is 6.14. The summed E-state index contributed by atoms with van der Waals surface area (Å²) in [6.45, 7) is 1.51. The van der Waals surface area contributed by atoms with Crippen molar-refractivity contribution in [2.24, 2.45) is 0 Å². The van der Waals surface area contributed by atoms with Crippen LogP contribution < -0.4 is 9.88 Å². The van der Waals surface area contributed by atoms with Gasteiger partial charge in [-0.05, 0) is 25.1 Å². The van der Waals surface area contributed by atoms with E-state index in [2.05, 4.69) is 5.32 Å². The molecule has 5 heteroatoms. The van der Waals surface area contributed by atoms with Crippen molar-refractivity contribution >= 4 is 17.4 Å². The van der Waals surface area contributed by atoms with Crippen LogP contribution in [0.25, 0.3) is 0 Å². The van der Waals surface area contributed by atoms with Gasteiger partial charge >= 0.3 is 0 Å². The summed E-state index contributed by atoms with van der Waals surface area (Å²) in [5.74, 6) is -0.287. The van der Waals surface area contributed by atoms with Crippen LogP contribution in [-0.4, -0.2) is 16.8 Å². The minimum Gasteiger partial charge on any atom is -0.503 e. The van der Waals surface area contributed by atoms with E-state index in [1.165, 1.54) is 19.2 Å². The van der Waals surface area contributed by atoms with E-state index in [4.69, 9.17) is 0 Å². The lowest BCUT2D eigenvalue weighted by atomic mass is 10.1. The van der Waals surface area contributed by atoms with Gasteiger partial charge in [0.05, 0.1) is 5.69 Å². The molecule has 0 atom stereocenters. The Bertz CT molecular complexity index is 653. The van der Waals surface area contributed by atoms with Gasteiger partial charge in [-0.3, -0.25) is 9.59 Å². The molecule has 0 aliphatic carbocycles. The fourth-order valence-corrected chi connectivity index (χ4v) is 1.86. The molecule has 0 saturated heterocycles. The lowest BCUT2D eigenvalue weighted by Gasteiger charge is -2.07. The summed E-state index contributed by atoms with van der Waals surface area (Å²) in [5, 5.41) is 12.0. The predicted octanol–water partition coefficient (Wildman–Crippen LogP) is 1.52. The molecule has 0 saturated carbocycles. The van der Waals surface area contributed by atoms with Crippen molar-refractivity contribution in [3.05, 3.63) is 54.4 Å². The van der Waals surface area contributed by atoms with Crippen LogP contribution in [0.1, 0.15) is 17.3 Å². The van der Waals surface area contributed by atoms with E-state index < -0.39 is 0 Å². The number of hydrogen-bond acceptors (Lipinski definition) is 3. The van der Waals surface area contributed by atoms with E-state index >= 15 is 0 Å². The summed E-state index contributed by atoms with van der Waals surface area (Å²) in [7, 11) is 0. The molecule has 1 amide bonds. The summed E-state index contributed by atoms with van der Waals surface area (Å²) in [5.41, 5.74) is 0.965. The number of anilines is 1. The number of benzene rings is 1. The van der Waals surface area contributed by atoms with Crippen molar-refractivity contribution in [1.82, 2.24) is 0 Å². The van der Waals surface area contributed by atoms with Crippen molar-refractivity contribution in [3.8, 4) is 5.75 Å². The molecule has 5 nitrogen and oxygen atoms in total. The first-order valence-electron chi connectivity index (χ1n) is 6.14. The molecule has 2 N–H and O–H groups in total. The Morgan fingerprint density at radius 1 is 1.20 bits per heavy atom. The number of carbonyl (C=O) groups is 2. The van der Waals surface area contributed by atoms with Crippen LogP contribution in [0.2, 0.25) is 0 Å². The minimum absolute atomic E-state index is 0.0562. The van der Waals surface area contributed by atoms with E-state index in [0.29, 0.717) is 11.3 Å². The SMILES string of the molecule is CC(=O)c1ccccc1NC(=O)C[n+]1cccc(O)c1. The highest BCUT2D eigenvalue weighted by molar-refractivity contribution is 6.03. The summed E-state index contributed by atoms with van der Waals surface area (Å²) < 4.78 is 1.56. The Kier molecular flexibility index (Phi) is 4.10. The Balaban J connectivity index is 2.11. The molecule has 20 heavy (non-hydrogen) atoms. The molecule has 0 fully saturated rings. The smallest absolute Gasteiger partial charge is 0.290 e. The van der Waals surface area contributed by atoms with Crippen LogP contribution >= 0.6 is 0 Å². The Hall–Kier alpha value is -2.69. The topological polar surface area (TPSA) is 70.3 Å². The Morgan fingerprint density at radius 2 is 1.95 bits per heavy atom. The van der Waals surface area contributed by atoms with Crippen molar-refractivity contribution in [3.63, 3.8) is 0 Å². The van der Waals surface area contributed by atoms with Crippen LogP contribution in [0.15, 0.2) is 48.8 Å². The van der Waals surface area contributed by atoms with Crippen LogP contribution in [0.5, 0.6) is 5.75 Å². The fourth-order valence-electron chi connectivity index (χ4n) is 1.86. The number of hydrogen-bond donors (Lipinski definition) is 2. The number of carbonyl (C=O) groups excluding carboxylic acids is 2. The number of pyridine rings is 1. The molecule has 0 radical (unpaired) electrons. The van der Waals surface area contributed by atoms with Gasteiger partial charge in [0, 0.05) is 11.6 Å². The second-order valence-electron chi connectivity index (χ2n) is 4.38. The second kappa shape index (κ2) is 5.97. The highest BCUT2D eigenvalue weighted by Gasteiger charge is 2.13. The van der Waals surface area contributed by atoms with E-state index in [1.807, 2.05) is 0 Å². The maximum absolute atomic E-state index is 11.9. The van der Waals surface area contributed by atoms with Crippen molar-refractivity contribution in [1.29, 1.82) is 0 Å². The number of aromatic hydroxyl groups is 1. The minimum atomic E-state index is -0.269. The maximum atomic E-state index is 11.9. The monoisotopic (exact) mass is 271 g/mol. The molecule has 0 aliphatic rings. The van der Waals surface area contributed by atoms with Crippen LogP contribution in [0.4, 0.5) is 5.69 Å². The number of rotatable bonds is 4. The van der Waals surface area contributed by atoms with Crippen molar-refractivity contribution in [2.75, 3.05) is 5.32 Å². The number of nitrogens with one attached hydrogen (secondary N) is 1. The van der Waals surface area contributed by atoms with Gasteiger partial charge in [0.15, 0.2) is 17.7 Å². The highest BCUT2D eigenvalue weighted by atomic mass is 16.3. The van der Waals surface area contributed by atoms with E-state index in [9.17, 15) is 14.7 Å². The van der Waals surface area contributed by atoms with Crippen LogP contribution in [-0.2, 0) is 11.3 Å². The second-order valence-corrected chi connectivity index (χ2v) is 4.38. The van der Waals surface area contributed by atoms with Gasteiger partial charge in [-0.15, -0.1) is 0 Å². The molecule has 0 spiro atoms. The van der Waals surface area contributed by atoms with Crippen LogP contribution in [0.3, 0.4) is 0 Å². The van der Waals surface area contributed by atoms with Crippen LogP contribution in [0, 0.1) is 0 Å². The summed E-state index contributed by atoms with van der Waals surface area (Å²) in [6.07, 6.45) is 3.13. The van der Waals surface area contributed by atoms with E-state index in [0.717, 1.165) is 0 Å². The number of Topliss-reactive ketones (excluding diaryl/α,β-unsaturated/α-hetero) is 1. The molecule has 0 bridgehead atoms. The quantitative estimate of drug-likeness (QED) is 0.654. The molecule has 0 aliphatic heterocycles. The highest BCUT2D eigenvalue weighted by Crippen LogP contribution is 2.15. The van der Waals surface area contributed by atoms with Gasteiger partial charge < -0.3 is 10.4 Å². The number of nitrogens with zero attached hydrogens (tertiary/aromatic N) is 1. The number of para-hydroxylation sites is 1. The predicted molar refractivity (Wildman–Crippen MR) is 73.4 cm³/mol. The maximum Gasteiger partial charge on any atom is 0.290 e. The third kappa shape index (κ3) is 3.41. The Morgan fingerprint density at radius 3 is 2.65 bits per heavy atom. The zero-order chi connectivity index (χ0) is 14.5. The summed E-state index contributed by atoms with van der Waals surface area (Å²) >= 11 is 0. The van der Waals surface area contributed by atoms with Gasteiger partial charge in [0.1, 0.15) is 0 Å². The number of ketones is 1. The summed E-state index contributed by atoms with van der Waals surface area (Å²) in [6, 6.07) is 10.0. The Labute approximate surface area is 116 Å². The standard InChI is InChI=1S/C15H14N2O3/c1-11(18)13-6-2-3-7-14(13)16-15(20)10-17-8-4-5-12(19)9-17/h2-9H,10H2,1H3,(H-,16,18,19,20)/p+1. The lowest BCUT2D eigenvalue weighted by molar-refractivity contribution is -0.684. The van der Waals surface area contributed by atoms with Gasteiger partial charge in [0.2, 0.25) is 12.7 Å². The molecule has 1 aromatic carbocycles. The zero-order valence-electron chi connectivity index (χ0n) is 11.0. The first-order chi connectivity index (χ1) is 9.56. The van der Waals surface area contributed by atoms with Gasteiger partial charge in [0.25, 0.3) is 5.91 Å². The average molecular weight is 271 g/mol. The lowest BCUT2D eigenvalue weighted by Crippen LogP contribution is -2.39. The normalized spacial score (nSPS) is 10.1. The largest absolute Gasteiger partial charge is 0.503 e. The molecule has 102 valence electrons. The van der Waals surface area contributed by atoms with Gasteiger partial charge in [-0.1, -0.05) is 12.1 Å². The van der Waals surface area contributed by atoms with E-state index in [1.54, 1.807) is 41.1 Å². The summed E-state index contributed by atoms with van der Waals surface area (Å²) in [4.78, 5) is 23.4. The molecule has 1 heterocycles. The number of amides is 1. The molecule has 2 rings (SSSR count). The molecular formula is C15H15N2O3+. The van der Waals surface area contributed by atoms with E-state index in [-0.39, 0.29) is 24.0 Å². The molecule has 1 aromatic heterocycles. The van der Waals surface area contributed by atoms with Gasteiger partial charge in [-0.25, -0.2) is 0 Å². The number of aromatic nitrogens is 1. The third-order valence-electron chi connectivity index (χ3n) is 2.75. The van der Waals surface area contributed by atoms with Crippen molar-refractivity contribution < 1.29 is 19.3 Å². The molecular weight excluding hydrogens is 256 g/mol. The van der Waals surface area contributed by atoms with Gasteiger partial charge in [-0.2, -0.15) is 4.57 Å². The fraction of sp³-hybridized carbons (Fsp3) is 0.133. The van der Waals surface area contributed by atoms with Crippen molar-refractivity contribution in [2.45, 2.75) is 13.5 Å².